The predicted octanol–water partition coefficient (Wildman–Crippen LogP) is 2.75. The third kappa shape index (κ3) is 4.34. The van der Waals surface area contributed by atoms with Gasteiger partial charge in [-0.2, -0.15) is 5.26 Å². The molecule has 0 aliphatic rings. The van der Waals surface area contributed by atoms with Gasteiger partial charge in [-0.05, 0) is 43.3 Å². The number of ether oxygens (including phenoxy) is 2. The molecule has 1 atom stereocenters. The van der Waals surface area contributed by atoms with Gasteiger partial charge in [-0.25, -0.2) is 4.79 Å². The quantitative estimate of drug-likeness (QED) is 0.854. The Morgan fingerprint density at radius 2 is 1.92 bits per heavy atom. The van der Waals surface area contributed by atoms with Crippen molar-refractivity contribution in [3.63, 3.8) is 0 Å². The Kier molecular flexibility index (Phi) is 5.53. The first kappa shape index (κ1) is 17.0. The van der Waals surface area contributed by atoms with Crippen molar-refractivity contribution in [3.05, 3.63) is 59.7 Å². The molecule has 0 saturated heterocycles. The first-order valence-corrected chi connectivity index (χ1v) is 7.19. The summed E-state index contributed by atoms with van der Waals surface area (Å²) < 4.78 is 10.2. The molecule has 24 heavy (non-hydrogen) atoms. The molecule has 0 heterocycles. The third-order valence-corrected chi connectivity index (χ3v) is 3.20. The lowest BCUT2D eigenvalue weighted by Crippen LogP contribution is -2.30. The number of esters is 1. The van der Waals surface area contributed by atoms with E-state index in [1.165, 1.54) is 13.2 Å². The van der Waals surface area contributed by atoms with Crippen molar-refractivity contribution in [1.82, 2.24) is 0 Å². The zero-order valence-electron chi connectivity index (χ0n) is 13.3. The maximum absolute atomic E-state index is 12.2. The molecule has 0 unspecified atom stereocenters. The van der Waals surface area contributed by atoms with Gasteiger partial charge in [0.25, 0.3) is 5.91 Å². The van der Waals surface area contributed by atoms with E-state index in [1.807, 2.05) is 6.07 Å². The van der Waals surface area contributed by atoms with Crippen molar-refractivity contribution in [3.8, 4) is 11.8 Å². The number of methoxy groups -OCH3 is 1. The molecule has 0 aromatic heterocycles. The van der Waals surface area contributed by atoms with Gasteiger partial charge in [0, 0.05) is 5.69 Å². The van der Waals surface area contributed by atoms with Crippen LogP contribution in [-0.4, -0.2) is 25.1 Å². The molecule has 2 aromatic rings. The van der Waals surface area contributed by atoms with Crippen LogP contribution in [0.25, 0.3) is 0 Å². The molecule has 6 nitrogen and oxygen atoms in total. The van der Waals surface area contributed by atoms with E-state index in [1.54, 1.807) is 49.4 Å². The van der Waals surface area contributed by atoms with Gasteiger partial charge in [0.1, 0.15) is 5.75 Å². The highest BCUT2D eigenvalue weighted by Crippen LogP contribution is 2.17. The van der Waals surface area contributed by atoms with Crippen LogP contribution >= 0.6 is 0 Å². The maximum Gasteiger partial charge on any atom is 0.337 e. The van der Waals surface area contributed by atoms with Crippen LogP contribution < -0.4 is 10.1 Å². The average molecular weight is 324 g/mol. The summed E-state index contributed by atoms with van der Waals surface area (Å²) in [5.41, 5.74) is 1.30. The summed E-state index contributed by atoms with van der Waals surface area (Å²) in [6.07, 6.45) is -0.788. The monoisotopic (exact) mass is 324 g/mol. The van der Waals surface area contributed by atoms with E-state index in [-0.39, 0.29) is 5.91 Å². The number of hydrogen-bond acceptors (Lipinski definition) is 5. The van der Waals surface area contributed by atoms with Crippen molar-refractivity contribution in [2.24, 2.45) is 0 Å². The molecule has 0 bridgehead atoms. The first-order chi connectivity index (χ1) is 11.5. The molecule has 1 N–H and O–H groups in total. The van der Waals surface area contributed by atoms with Crippen molar-refractivity contribution in [2.75, 3.05) is 12.4 Å². The number of carbonyl (C=O) groups excluding carboxylic acids is 2. The molecule has 2 rings (SSSR count). The lowest BCUT2D eigenvalue weighted by atomic mass is 10.2. The number of carbonyl (C=O) groups is 2. The molecule has 6 heteroatoms. The highest BCUT2D eigenvalue weighted by atomic mass is 16.5. The topological polar surface area (TPSA) is 88.4 Å². The zero-order valence-corrected chi connectivity index (χ0v) is 13.3. The van der Waals surface area contributed by atoms with E-state index in [4.69, 9.17) is 10.00 Å². The molecular formula is C18H16N2O4. The fraction of sp³-hybridized carbons (Fsp3) is 0.167. The Balaban J connectivity index is 2.03. The fourth-order valence-corrected chi connectivity index (χ4v) is 1.98. The largest absolute Gasteiger partial charge is 0.481 e. The molecular weight excluding hydrogens is 308 g/mol. The number of nitrogens with zero attached hydrogens (tertiary/aromatic N) is 1. The Morgan fingerprint density at radius 1 is 1.17 bits per heavy atom. The molecule has 0 aliphatic carbocycles. The zero-order chi connectivity index (χ0) is 17.5. The summed E-state index contributed by atoms with van der Waals surface area (Å²) in [4.78, 5) is 23.7. The Morgan fingerprint density at radius 3 is 2.62 bits per heavy atom. The molecule has 0 radical (unpaired) electrons. The highest BCUT2D eigenvalue weighted by Gasteiger charge is 2.16. The minimum Gasteiger partial charge on any atom is -0.481 e. The van der Waals surface area contributed by atoms with Crippen LogP contribution in [0.2, 0.25) is 0 Å². The van der Waals surface area contributed by atoms with E-state index >= 15 is 0 Å². The second-order valence-electron chi connectivity index (χ2n) is 4.96. The van der Waals surface area contributed by atoms with Crippen molar-refractivity contribution >= 4 is 17.6 Å². The molecule has 0 spiro atoms. The standard InChI is InChI=1S/C18H16N2O4/c1-12(17(21)20-15-7-3-5-13(9-15)11-19)24-16-8-4-6-14(10-16)18(22)23-2/h3-10,12H,1-2H3,(H,20,21)/t12-/m1/s1. The first-order valence-electron chi connectivity index (χ1n) is 7.19. The Bertz CT molecular complexity index is 796. The van der Waals surface area contributed by atoms with Crippen LogP contribution in [0.3, 0.4) is 0 Å². The molecule has 2 aromatic carbocycles. The Labute approximate surface area is 139 Å². The predicted molar refractivity (Wildman–Crippen MR) is 87.7 cm³/mol. The minimum atomic E-state index is -0.788. The number of amides is 1. The maximum atomic E-state index is 12.2. The number of benzene rings is 2. The summed E-state index contributed by atoms with van der Waals surface area (Å²) in [5, 5.41) is 11.5. The Hall–Kier alpha value is -3.33. The normalized spacial score (nSPS) is 11.0. The van der Waals surface area contributed by atoms with E-state index in [2.05, 4.69) is 10.1 Å². The summed E-state index contributed by atoms with van der Waals surface area (Å²) in [6, 6.07) is 15.0. The number of hydrogen-bond donors (Lipinski definition) is 1. The van der Waals surface area contributed by atoms with Gasteiger partial charge in [-0.3, -0.25) is 4.79 Å². The van der Waals surface area contributed by atoms with E-state index in [0.717, 1.165) is 0 Å². The second-order valence-corrected chi connectivity index (χ2v) is 4.96. The molecule has 0 aliphatic heterocycles. The lowest BCUT2D eigenvalue weighted by Gasteiger charge is -2.15. The van der Waals surface area contributed by atoms with Gasteiger partial charge in [0.15, 0.2) is 6.10 Å². The van der Waals surface area contributed by atoms with E-state index in [9.17, 15) is 9.59 Å². The number of nitrogens with one attached hydrogen (secondary N) is 1. The summed E-state index contributed by atoms with van der Waals surface area (Å²) in [5.74, 6) is -0.467. The van der Waals surface area contributed by atoms with E-state index in [0.29, 0.717) is 22.6 Å². The molecule has 0 saturated carbocycles. The minimum absolute atomic E-state index is 0.337. The third-order valence-electron chi connectivity index (χ3n) is 3.20. The van der Waals surface area contributed by atoms with Gasteiger partial charge in [0.05, 0.1) is 24.3 Å². The summed E-state index contributed by atoms with van der Waals surface area (Å²) >= 11 is 0. The number of nitriles is 1. The van der Waals surface area contributed by atoms with E-state index < -0.39 is 12.1 Å². The SMILES string of the molecule is COC(=O)c1cccc(O[C@H](C)C(=O)Nc2cccc(C#N)c2)c1. The van der Waals surface area contributed by atoms with Crippen LogP contribution in [0.5, 0.6) is 5.75 Å². The van der Waals surface area contributed by atoms with Crippen LogP contribution in [0.4, 0.5) is 5.69 Å². The molecule has 122 valence electrons. The smallest absolute Gasteiger partial charge is 0.337 e. The highest BCUT2D eigenvalue weighted by molar-refractivity contribution is 5.94. The van der Waals surface area contributed by atoms with Gasteiger partial charge in [-0.1, -0.05) is 12.1 Å². The summed E-state index contributed by atoms with van der Waals surface area (Å²) in [7, 11) is 1.29. The van der Waals surface area contributed by atoms with Crippen molar-refractivity contribution in [2.45, 2.75) is 13.0 Å². The van der Waals surface area contributed by atoms with Crippen molar-refractivity contribution < 1.29 is 19.1 Å². The molecule has 0 fully saturated rings. The fourth-order valence-electron chi connectivity index (χ4n) is 1.98. The van der Waals surface area contributed by atoms with Crippen LogP contribution in [0, 0.1) is 11.3 Å². The van der Waals surface area contributed by atoms with Gasteiger partial charge in [0.2, 0.25) is 0 Å². The van der Waals surface area contributed by atoms with Gasteiger partial charge < -0.3 is 14.8 Å². The number of rotatable bonds is 5. The lowest BCUT2D eigenvalue weighted by molar-refractivity contribution is -0.122. The average Bonchev–Trinajstić information content (AvgIpc) is 2.61. The van der Waals surface area contributed by atoms with Gasteiger partial charge in [-0.15, -0.1) is 0 Å². The number of anilines is 1. The second kappa shape index (κ2) is 7.79. The van der Waals surface area contributed by atoms with Crippen LogP contribution in [-0.2, 0) is 9.53 Å². The van der Waals surface area contributed by atoms with Crippen LogP contribution in [0.15, 0.2) is 48.5 Å². The van der Waals surface area contributed by atoms with Crippen LogP contribution in [0.1, 0.15) is 22.8 Å². The van der Waals surface area contributed by atoms with Gasteiger partial charge >= 0.3 is 5.97 Å². The van der Waals surface area contributed by atoms with Crippen molar-refractivity contribution in [1.29, 1.82) is 5.26 Å². The molecule has 1 amide bonds. The summed E-state index contributed by atoms with van der Waals surface area (Å²) in [6.45, 7) is 1.59.